The minimum atomic E-state index is -0.0943. The fraction of sp³-hybridized carbons (Fsp3) is 0.167. The Kier molecular flexibility index (Phi) is 4.56. The van der Waals surface area contributed by atoms with Gasteiger partial charge in [0.2, 0.25) is 0 Å². The summed E-state index contributed by atoms with van der Waals surface area (Å²) in [5, 5.41) is 9.57. The van der Waals surface area contributed by atoms with Gasteiger partial charge in [-0.25, -0.2) is 9.97 Å². The van der Waals surface area contributed by atoms with Gasteiger partial charge in [0.1, 0.15) is 12.9 Å². The Labute approximate surface area is 108 Å². The molecular weight excluding hydrogens is 252 g/mol. The van der Waals surface area contributed by atoms with E-state index in [1.165, 1.54) is 4.88 Å². The van der Waals surface area contributed by atoms with E-state index in [4.69, 9.17) is 5.11 Å². The van der Waals surface area contributed by atoms with Gasteiger partial charge in [-0.2, -0.15) is 0 Å². The summed E-state index contributed by atoms with van der Waals surface area (Å²) in [7, 11) is 0. The third kappa shape index (κ3) is 3.86. The number of hydrogen-bond acceptors (Lipinski definition) is 5. The number of hydrogen-bond donors (Lipinski definition) is 1. The molecule has 0 fully saturated rings. The first-order valence-electron chi connectivity index (χ1n) is 4.96. The van der Waals surface area contributed by atoms with E-state index in [1.807, 2.05) is 12.1 Å². The molecule has 0 unspecified atom stereocenters. The Hall–Kier alpha value is -1.35. The van der Waals surface area contributed by atoms with Crippen molar-refractivity contribution in [3.8, 4) is 11.8 Å². The molecule has 2 heterocycles. The molecule has 2 aromatic heterocycles. The Morgan fingerprint density at radius 3 is 3.06 bits per heavy atom. The highest BCUT2D eigenvalue weighted by Crippen LogP contribution is 2.24. The quantitative estimate of drug-likeness (QED) is 0.523. The Morgan fingerprint density at radius 2 is 2.29 bits per heavy atom. The average Bonchev–Trinajstić information content (AvgIpc) is 2.83. The number of aliphatic hydroxyl groups is 1. The maximum absolute atomic E-state index is 8.60. The first-order chi connectivity index (χ1) is 8.38. The van der Waals surface area contributed by atoms with Gasteiger partial charge in [-0.15, -0.1) is 23.1 Å². The van der Waals surface area contributed by atoms with Gasteiger partial charge in [-0.05, 0) is 18.2 Å². The van der Waals surface area contributed by atoms with Crippen molar-refractivity contribution in [2.24, 2.45) is 0 Å². The first kappa shape index (κ1) is 12.1. The maximum atomic E-state index is 8.60. The largest absolute Gasteiger partial charge is 0.384 e. The standard InChI is InChI=1S/C12H10N2OS2/c15-7-1-2-10-3-4-11(17-10)8-16-12-5-6-13-9-14-12/h3-6,9,15H,7-8H2. The van der Waals surface area contributed by atoms with Crippen LogP contribution in [-0.4, -0.2) is 21.7 Å². The van der Waals surface area contributed by atoms with Gasteiger partial charge in [0, 0.05) is 16.8 Å². The molecule has 2 rings (SSSR count). The molecule has 1 N–H and O–H groups in total. The molecule has 0 aliphatic carbocycles. The number of nitrogens with zero attached hydrogens (tertiary/aromatic N) is 2. The number of aliphatic hydroxyl groups excluding tert-OH is 1. The van der Waals surface area contributed by atoms with Gasteiger partial charge in [0.25, 0.3) is 0 Å². The molecule has 17 heavy (non-hydrogen) atoms. The zero-order valence-electron chi connectivity index (χ0n) is 8.96. The number of thiophene rings is 1. The van der Waals surface area contributed by atoms with Crippen molar-refractivity contribution in [1.82, 2.24) is 9.97 Å². The molecule has 0 aromatic carbocycles. The van der Waals surface area contributed by atoms with E-state index < -0.39 is 0 Å². The topological polar surface area (TPSA) is 46.0 Å². The maximum Gasteiger partial charge on any atom is 0.116 e. The number of thioether (sulfide) groups is 1. The predicted molar refractivity (Wildman–Crippen MR) is 69.9 cm³/mol. The molecule has 0 saturated heterocycles. The molecule has 3 nitrogen and oxygen atoms in total. The zero-order valence-corrected chi connectivity index (χ0v) is 10.6. The Bertz CT molecular complexity index is 528. The third-order valence-electron chi connectivity index (χ3n) is 1.87. The molecule has 0 bridgehead atoms. The molecule has 86 valence electrons. The summed E-state index contributed by atoms with van der Waals surface area (Å²) in [4.78, 5) is 10.2. The van der Waals surface area contributed by atoms with Crippen LogP contribution in [0.3, 0.4) is 0 Å². The van der Waals surface area contributed by atoms with Crippen LogP contribution in [0.1, 0.15) is 9.75 Å². The normalized spacial score (nSPS) is 9.71. The number of aromatic nitrogens is 2. The van der Waals surface area contributed by atoms with Gasteiger partial charge in [-0.1, -0.05) is 11.8 Å². The van der Waals surface area contributed by atoms with Crippen molar-refractivity contribution in [3.63, 3.8) is 0 Å². The molecule has 0 amide bonds. The summed E-state index contributed by atoms with van der Waals surface area (Å²) < 4.78 is 0. The minimum absolute atomic E-state index is 0.0943. The zero-order chi connectivity index (χ0) is 11.9. The van der Waals surface area contributed by atoms with Crippen molar-refractivity contribution in [3.05, 3.63) is 40.5 Å². The molecule has 5 heteroatoms. The van der Waals surface area contributed by atoms with E-state index in [9.17, 15) is 0 Å². The minimum Gasteiger partial charge on any atom is -0.384 e. The van der Waals surface area contributed by atoms with Crippen LogP contribution in [-0.2, 0) is 5.75 Å². The Morgan fingerprint density at radius 1 is 1.35 bits per heavy atom. The second-order valence-corrected chi connectivity index (χ2v) is 5.23. The highest BCUT2D eigenvalue weighted by atomic mass is 32.2. The summed E-state index contributed by atoms with van der Waals surface area (Å²) >= 11 is 3.32. The van der Waals surface area contributed by atoms with Crippen molar-refractivity contribution in [2.45, 2.75) is 10.8 Å². The van der Waals surface area contributed by atoms with E-state index >= 15 is 0 Å². The molecule has 0 aliphatic rings. The SMILES string of the molecule is OCC#Cc1ccc(CSc2ccncn2)s1. The van der Waals surface area contributed by atoms with Gasteiger partial charge in [0.15, 0.2) is 0 Å². The molecule has 0 saturated carbocycles. The fourth-order valence-corrected chi connectivity index (χ4v) is 2.91. The molecule has 2 aromatic rings. The van der Waals surface area contributed by atoms with Crippen LogP contribution in [0.2, 0.25) is 0 Å². The lowest BCUT2D eigenvalue weighted by Crippen LogP contribution is -1.80. The smallest absolute Gasteiger partial charge is 0.116 e. The Balaban J connectivity index is 1.94. The van der Waals surface area contributed by atoms with Gasteiger partial charge < -0.3 is 5.11 Å². The first-order valence-corrected chi connectivity index (χ1v) is 6.76. The van der Waals surface area contributed by atoms with Gasteiger partial charge in [-0.3, -0.25) is 0 Å². The second-order valence-electron chi connectivity index (χ2n) is 3.06. The molecule has 0 aliphatic heterocycles. The highest BCUT2D eigenvalue weighted by molar-refractivity contribution is 7.98. The highest BCUT2D eigenvalue weighted by Gasteiger charge is 2.00. The van der Waals surface area contributed by atoms with Crippen LogP contribution in [0.25, 0.3) is 0 Å². The van der Waals surface area contributed by atoms with E-state index in [0.29, 0.717) is 0 Å². The average molecular weight is 262 g/mol. The van der Waals surface area contributed by atoms with E-state index in [1.54, 1.807) is 35.6 Å². The molecule has 0 spiro atoms. The second kappa shape index (κ2) is 6.40. The van der Waals surface area contributed by atoms with Crippen LogP contribution in [0.5, 0.6) is 0 Å². The van der Waals surface area contributed by atoms with Crippen LogP contribution < -0.4 is 0 Å². The number of rotatable bonds is 3. The van der Waals surface area contributed by atoms with Crippen molar-refractivity contribution in [2.75, 3.05) is 6.61 Å². The molecular formula is C12H10N2OS2. The molecule has 0 radical (unpaired) electrons. The summed E-state index contributed by atoms with van der Waals surface area (Å²) in [6, 6.07) is 5.92. The van der Waals surface area contributed by atoms with Crippen molar-refractivity contribution < 1.29 is 5.11 Å². The van der Waals surface area contributed by atoms with Crippen LogP contribution >= 0.6 is 23.1 Å². The summed E-state index contributed by atoms with van der Waals surface area (Å²) in [5.74, 6) is 6.41. The predicted octanol–water partition coefficient (Wildman–Crippen LogP) is 2.17. The lowest BCUT2D eigenvalue weighted by molar-refractivity contribution is 0.350. The van der Waals surface area contributed by atoms with Gasteiger partial charge in [0.05, 0.1) is 9.90 Å². The summed E-state index contributed by atoms with van der Waals surface area (Å²) in [6.45, 7) is -0.0943. The van der Waals surface area contributed by atoms with Crippen molar-refractivity contribution >= 4 is 23.1 Å². The van der Waals surface area contributed by atoms with E-state index in [2.05, 4.69) is 27.9 Å². The van der Waals surface area contributed by atoms with Crippen LogP contribution in [0.4, 0.5) is 0 Å². The summed E-state index contributed by atoms with van der Waals surface area (Å²) in [5.41, 5.74) is 0. The van der Waals surface area contributed by atoms with Crippen LogP contribution in [0.15, 0.2) is 35.7 Å². The van der Waals surface area contributed by atoms with Crippen molar-refractivity contribution in [1.29, 1.82) is 0 Å². The van der Waals surface area contributed by atoms with Crippen LogP contribution in [0, 0.1) is 11.8 Å². The molecule has 0 atom stereocenters. The van der Waals surface area contributed by atoms with E-state index in [-0.39, 0.29) is 6.61 Å². The van der Waals surface area contributed by atoms with E-state index in [0.717, 1.165) is 15.7 Å². The van der Waals surface area contributed by atoms with Gasteiger partial charge >= 0.3 is 0 Å². The fourth-order valence-electron chi connectivity index (χ4n) is 1.16. The third-order valence-corrected chi connectivity index (χ3v) is 4.05. The monoisotopic (exact) mass is 262 g/mol. The lowest BCUT2D eigenvalue weighted by Gasteiger charge is -1.96. The lowest BCUT2D eigenvalue weighted by atomic mass is 10.4. The summed E-state index contributed by atoms with van der Waals surface area (Å²) in [6.07, 6.45) is 3.29.